The Bertz CT molecular complexity index is 547. The number of carbonyl (C=O) groups excluding carboxylic acids is 1. The lowest BCUT2D eigenvalue weighted by atomic mass is 9.56. The molecule has 0 radical (unpaired) electrons. The molecule has 7 heteroatoms. The number of nitrogens with zero attached hydrogens (tertiary/aromatic N) is 1. The lowest BCUT2D eigenvalue weighted by molar-refractivity contribution is -0.141. The molecule has 3 rings (SSSR count). The zero-order valence-corrected chi connectivity index (χ0v) is 11.3. The van der Waals surface area contributed by atoms with Gasteiger partial charge in [-0.25, -0.2) is 4.79 Å². The van der Waals surface area contributed by atoms with Crippen LogP contribution in [-0.2, 0) is 12.7 Å². The van der Waals surface area contributed by atoms with Gasteiger partial charge in [-0.05, 0) is 48.8 Å². The predicted octanol–water partition coefficient (Wildman–Crippen LogP) is 2.70. The third kappa shape index (κ3) is 2.96. The van der Waals surface area contributed by atoms with Crippen molar-refractivity contribution in [1.82, 2.24) is 15.6 Å². The summed E-state index contributed by atoms with van der Waals surface area (Å²) in [6.07, 6.45) is 0.0637. The summed E-state index contributed by atoms with van der Waals surface area (Å²) in [4.78, 5) is 15.0. The first kappa shape index (κ1) is 14.2. The Morgan fingerprint density at radius 2 is 2.19 bits per heavy atom. The Kier molecular flexibility index (Phi) is 3.51. The Labute approximate surface area is 120 Å². The van der Waals surface area contributed by atoms with Crippen LogP contribution in [-0.4, -0.2) is 17.1 Å². The Hall–Kier alpha value is -1.79. The number of aromatic nitrogens is 1. The summed E-state index contributed by atoms with van der Waals surface area (Å²) in [5.41, 5.74) is -0.568. The quantitative estimate of drug-likeness (QED) is 0.901. The average molecular weight is 299 g/mol. The van der Waals surface area contributed by atoms with Crippen LogP contribution in [0.5, 0.6) is 0 Å². The van der Waals surface area contributed by atoms with Gasteiger partial charge >= 0.3 is 12.2 Å². The highest BCUT2D eigenvalue weighted by molar-refractivity contribution is 5.74. The van der Waals surface area contributed by atoms with E-state index in [1.54, 1.807) is 0 Å². The third-order valence-electron chi connectivity index (χ3n) is 4.43. The van der Waals surface area contributed by atoms with Crippen LogP contribution in [0, 0.1) is 11.8 Å². The largest absolute Gasteiger partial charge is 0.433 e. The normalized spacial score (nSPS) is 27.1. The highest BCUT2D eigenvalue weighted by atomic mass is 19.4. The Morgan fingerprint density at radius 1 is 1.38 bits per heavy atom. The van der Waals surface area contributed by atoms with Crippen molar-refractivity contribution in [2.75, 3.05) is 0 Å². The van der Waals surface area contributed by atoms with Crippen molar-refractivity contribution in [2.45, 2.75) is 38.0 Å². The second-order valence-electron chi connectivity index (χ2n) is 5.72. The van der Waals surface area contributed by atoms with Gasteiger partial charge in [0.15, 0.2) is 0 Å². The molecule has 21 heavy (non-hydrogen) atoms. The first-order valence-corrected chi connectivity index (χ1v) is 7.00. The molecule has 2 aliphatic rings. The molecule has 114 valence electrons. The van der Waals surface area contributed by atoms with Gasteiger partial charge in [-0.3, -0.25) is 4.98 Å². The minimum absolute atomic E-state index is 0.0538. The van der Waals surface area contributed by atoms with Gasteiger partial charge in [0, 0.05) is 18.8 Å². The van der Waals surface area contributed by atoms with Gasteiger partial charge in [-0.15, -0.1) is 0 Å². The molecule has 3 unspecified atom stereocenters. The number of halogens is 3. The van der Waals surface area contributed by atoms with E-state index in [9.17, 15) is 18.0 Å². The van der Waals surface area contributed by atoms with E-state index in [4.69, 9.17) is 0 Å². The highest BCUT2D eigenvalue weighted by Crippen LogP contribution is 2.49. The van der Waals surface area contributed by atoms with Gasteiger partial charge in [-0.2, -0.15) is 13.2 Å². The number of fused-ring (bicyclic) bond motifs is 1. The van der Waals surface area contributed by atoms with Gasteiger partial charge < -0.3 is 10.6 Å². The maximum Gasteiger partial charge on any atom is 0.433 e. The minimum Gasteiger partial charge on any atom is -0.335 e. The van der Waals surface area contributed by atoms with E-state index >= 15 is 0 Å². The molecular weight excluding hydrogens is 283 g/mol. The number of carbonyl (C=O) groups is 1. The number of hydrogen-bond acceptors (Lipinski definition) is 2. The smallest absolute Gasteiger partial charge is 0.335 e. The second kappa shape index (κ2) is 5.20. The molecule has 0 aliphatic heterocycles. The topological polar surface area (TPSA) is 54.0 Å². The van der Waals surface area contributed by atoms with Crippen molar-refractivity contribution in [3.05, 3.63) is 29.6 Å². The average Bonchev–Trinajstić information content (AvgIpc) is 2.41. The van der Waals surface area contributed by atoms with Crippen LogP contribution in [0.3, 0.4) is 0 Å². The SMILES string of the molecule is O=C(NCc1ccnc(C(F)(F)F)c1)NC1CC2CCC21. The Balaban J connectivity index is 1.49. The van der Waals surface area contributed by atoms with Gasteiger partial charge in [0.1, 0.15) is 5.69 Å². The first-order valence-electron chi connectivity index (χ1n) is 7.00. The maximum absolute atomic E-state index is 12.5. The lowest BCUT2D eigenvalue weighted by Gasteiger charge is -2.53. The molecule has 0 saturated heterocycles. The Morgan fingerprint density at radius 3 is 2.76 bits per heavy atom. The molecule has 1 heterocycles. The fourth-order valence-electron chi connectivity index (χ4n) is 3.03. The van der Waals surface area contributed by atoms with E-state index in [0.29, 0.717) is 11.5 Å². The molecule has 3 atom stereocenters. The summed E-state index contributed by atoms with van der Waals surface area (Å²) in [6, 6.07) is 2.31. The molecule has 2 fully saturated rings. The lowest BCUT2D eigenvalue weighted by Crippen LogP contribution is -2.58. The van der Waals surface area contributed by atoms with E-state index in [2.05, 4.69) is 15.6 Å². The number of hydrogen-bond donors (Lipinski definition) is 2. The van der Waals surface area contributed by atoms with Crippen molar-refractivity contribution in [3.63, 3.8) is 0 Å². The minimum atomic E-state index is -4.47. The summed E-state index contributed by atoms with van der Waals surface area (Å²) in [5.74, 6) is 1.37. The molecule has 0 aromatic carbocycles. The standard InChI is InChI=1S/C14H16F3N3O/c15-14(16,17)12-5-8(3-4-18-12)7-19-13(21)20-11-6-9-1-2-10(9)11/h3-5,9-11H,1-2,6-7H2,(H2,19,20,21). The number of urea groups is 1. The molecule has 0 spiro atoms. The second-order valence-corrected chi connectivity index (χ2v) is 5.72. The first-order chi connectivity index (χ1) is 9.93. The van der Waals surface area contributed by atoms with Gasteiger partial charge in [0.25, 0.3) is 0 Å². The van der Waals surface area contributed by atoms with Crippen molar-refractivity contribution < 1.29 is 18.0 Å². The highest BCUT2D eigenvalue weighted by Gasteiger charge is 2.47. The van der Waals surface area contributed by atoms with E-state index in [1.807, 2.05) is 0 Å². The summed E-state index contributed by atoms with van der Waals surface area (Å²) in [5, 5.41) is 5.47. The molecule has 0 bridgehead atoms. The number of nitrogens with one attached hydrogen (secondary N) is 2. The number of rotatable bonds is 3. The number of pyridine rings is 1. The molecule has 2 N–H and O–H groups in total. The van der Waals surface area contributed by atoms with Crippen LogP contribution in [0.1, 0.15) is 30.5 Å². The molecule has 1 aromatic rings. The van der Waals surface area contributed by atoms with Crippen LogP contribution in [0.25, 0.3) is 0 Å². The fraction of sp³-hybridized carbons (Fsp3) is 0.571. The van der Waals surface area contributed by atoms with E-state index in [-0.39, 0.29) is 18.6 Å². The van der Waals surface area contributed by atoms with Crippen molar-refractivity contribution in [1.29, 1.82) is 0 Å². The molecule has 4 nitrogen and oxygen atoms in total. The van der Waals surface area contributed by atoms with Gasteiger partial charge in [0.2, 0.25) is 0 Å². The summed E-state index contributed by atoms with van der Waals surface area (Å²) in [7, 11) is 0. The zero-order chi connectivity index (χ0) is 15.0. The fourth-order valence-corrected chi connectivity index (χ4v) is 3.03. The summed E-state index contributed by atoms with van der Waals surface area (Å²) >= 11 is 0. The predicted molar refractivity (Wildman–Crippen MR) is 69.2 cm³/mol. The van der Waals surface area contributed by atoms with Crippen LogP contribution in [0.2, 0.25) is 0 Å². The molecule has 2 amide bonds. The summed E-state index contributed by atoms with van der Waals surface area (Å²) < 4.78 is 37.5. The maximum atomic E-state index is 12.5. The number of alkyl halides is 3. The third-order valence-corrected chi connectivity index (χ3v) is 4.43. The van der Waals surface area contributed by atoms with E-state index in [0.717, 1.165) is 31.0 Å². The molecule has 2 aliphatic carbocycles. The number of amides is 2. The van der Waals surface area contributed by atoms with Crippen LogP contribution in [0.4, 0.5) is 18.0 Å². The van der Waals surface area contributed by atoms with Gasteiger partial charge in [0.05, 0.1) is 0 Å². The summed E-state index contributed by atoms with van der Waals surface area (Å²) in [6.45, 7) is 0.0538. The molecule has 1 aromatic heterocycles. The van der Waals surface area contributed by atoms with Crippen molar-refractivity contribution >= 4 is 6.03 Å². The van der Waals surface area contributed by atoms with Crippen LogP contribution >= 0.6 is 0 Å². The monoisotopic (exact) mass is 299 g/mol. The van der Waals surface area contributed by atoms with Crippen LogP contribution in [0.15, 0.2) is 18.3 Å². The van der Waals surface area contributed by atoms with Gasteiger partial charge in [-0.1, -0.05) is 0 Å². The molecular formula is C14H16F3N3O. The van der Waals surface area contributed by atoms with Crippen LogP contribution < -0.4 is 10.6 Å². The zero-order valence-electron chi connectivity index (χ0n) is 11.3. The van der Waals surface area contributed by atoms with E-state index < -0.39 is 11.9 Å². The van der Waals surface area contributed by atoms with Crippen molar-refractivity contribution in [3.8, 4) is 0 Å². The van der Waals surface area contributed by atoms with Crippen molar-refractivity contribution in [2.24, 2.45) is 11.8 Å². The van der Waals surface area contributed by atoms with E-state index in [1.165, 1.54) is 12.5 Å². The molecule has 2 saturated carbocycles.